The maximum absolute atomic E-state index is 13.6. The standard InChI is InChI=1S/C29H30N2O2/c1-18-7-10-21(11-8-18)25-26(30-23-14-12-22(13-15-23)29(4,5)6)28(33)31(27(25)32)24-16-9-19(2)17-20(24)3/h7-17,30H,1-6H3. The molecule has 1 aliphatic rings. The number of benzene rings is 3. The first-order valence-electron chi connectivity index (χ1n) is 11.2. The lowest BCUT2D eigenvalue weighted by molar-refractivity contribution is -0.120. The van der Waals surface area contributed by atoms with E-state index >= 15 is 0 Å². The highest BCUT2D eigenvalue weighted by Crippen LogP contribution is 2.35. The van der Waals surface area contributed by atoms with Gasteiger partial charge in [0.25, 0.3) is 11.8 Å². The quantitative estimate of drug-likeness (QED) is 0.486. The van der Waals surface area contributed by atoms with Crippen LogP contribution in [0.5, 0.6) is 0 Å². The topological polar surface area (TPSA) is 49.4 Å². The lowest BCUT2D eigenvalue weighted by atomic mass is 9.87. The third kappa shape index (κ3) is 4.34. The first-order valence-corrected chi connectivity index (χ1v) is 11.2. The lowest BCUT2D eigenvalue weighted by Gasteiger charge is -2.20. The first kappa shape index (κ1) is 22.5. The number of amides is 2. The predicted molar refractivity (Wildman–Crippen MR) is 135 cm³/mol. The van der Waals surface area contributed by atoms with Crippen LogP contribution in [-0.4, -0.2) is 11.8 Å². The molecule has 1 aliphatic heterocycles. The smallest absolute Gasteiger partial charge is 0.282 e. The molecule has 0 radical (unpaired) electrons. The Hall–Kier alpha value is -3.66. The van der Waals surface area contributed by atoms with Crippen LogP contribution in [0.2, 0.25) is 0 Å². The number of rotatable bonds is 4. The molecule has 0 saturated carbocycles. The van der Waals surface area contributed by atoms with Crippen molar-refractivity contribution in [1.29, 1.82) is 0 Å². The van der Waals surface area contributed by atoms with Crippen LogP contribution in [-0.2, 0) is 15.0 Å². The van der Waals surface area contributed by atoms with Crippen LogP contribution in [0.15, 0.2) is 72.4 Å². The highest BCUT2D eigenvalue weighted by molar-refractivity contribution is 6.46. The third-order valence-electron chi connectivity index (χ3n) is 6.04. The largest absolute Gasteiger partial charge is 0.350 e. The second-order valence-corrected chi connectivity index (χ2v) is 9.80. The van der Waals surface area contributed by atoms with Crippen LogP contribution >= 0.6 is 0 Å². The Morgan fingerprint density at radius 1 is 0.727 bits per heavy atom. The monoisotopic (exact) mass is 438 g/mol. The van der Waals surface area contributed by atoms with Gasteiger partial charge in [-0.15, -0.1) is 0 Å². The third-order valence-corrected chi connectivity index (χ3v) is 6.04. The molecule has 0 bridgehead atoms. The molecule has 0 aliphatic carbocycles. The molecule has 0 fully saturated rings. The van der Waals surface area contributed by atoms with Crippen molar-refractivity contribution in [1.82, 2.24) is 0 Å². The van der Waals surface area contributed by atoms with E-state index in [9.17, 15) is 9.59 Å². The molecule has 0 saturated heterocycles. The Balaban J connectivity index is 1.79. The highest BCUT2D eigenvalue weighted by atomic mass is 16.2. The molecule has 1 N–H and O–H groups in total. The summed E-state index contributed by atoms with van der Waals surface area (Å²) in [5.41, 5.74) is 7.08. The van der Waals surface area contributed by atoms with E-state index < -0.39 is 0 Å². The molecule has 2 amide bonds. The molecule has 3 aromatic carbocycles. The molecule has 33 heavy (non-hydrogen) atoms. The van der Waals surface area contributed by atoms with Crippen molar-refractivity contribution >= 4 is 28.8 Å². The van der Waals surface area contributed by atoms with E-state index in [2.05, 4.69) is 38.2 Å². The fourth-order valence-electron chi connectivity index (χ4n) is 4.11. The molecule has 168 valence electrons. The van der Waals surface area contributed by atoms with Crippen LogP contribution in [0.3, 0.4) is 0 Å². The van der Waals surface area contributed by atoms with Gasteiger partial charge in [0.15, 0.2) is 0 Å². The average Bonchev–Trinajstić information content (AvgIpc) is 2.98. The molecular formula is C29H30N2O2. The minimum absolute atomic E-state index is 0.0315. The summed E-state index contributed by atoms with van der Waals surface area (Å²) in [6, 6.07) is 21.5. The molecule has 4 heteroatoms. The Labute approximate surface area is 195 Å². The maximum Gasteiger partial charge on any atom is 0.282 e. The summed E-state index contributed by atoms with van der Waals surface area (Å²) in [5, 5.41) is 3.26. The van der Waals surface area contributed by atoms with Crippen LogP contribution < -0.4 is 10.2 Å². The zero-order valence-electron chi connectivity index (χ0n) is 20.1. The Kier molecular flexibility index (Phi) is 5.71. The Bertz CT molecular complexity index is 1260. The van der Waals surface area contributed by atoms with Gasteiger partial charge in [0, 0.05) is 5.69 Å². The van der Waals surface area contributed by atoms with Crippen molar-refractivity contribution < 1.29 is 9.59 Å². The van der Waals surface area contributed by atoms with E-state index in [0.29, 0.717) is 17.0 Å². The zero-order valence-corrected chi connectivity index (χ0v) is 20.1. The zero-order chi connectivity index (χ0) is 23.9. The molecule has 4 rings (SSSR count). The Morgan fingerprint density at radius 2 is 1.33 bits per heavy atom. The molecule has 0 spiro atoms. The highest BCUT2D eigenvalue weighted by Gasteiger charge is 2.40. The second-order valence-electron chi connectivity index (χ2n) is 9.80. The van der Waals surface area contributed by atoms with Crippen molar-refractivity contribution in [2.24, 2.45) is 0 Å². The first-order chi connectivity index (χ1) is 15.6. The molecule has 1 heterocycles. The number of nitrogens with one attached hydrogen (secondary N) is 1. The van der Waals surface area contributed by atoms with Gasteiger partial charge in [0.1, 0.15) is 5.70 Å². The van der Waals surface area contributed by atoms with Crippen molar-refractivity contribution in [2.75, 3.05) is 10.2 Å². The lowest BCUT2D eigenvalue weighted by Crippen LogP contribution is -2.33. The van der Waals surface area contributed by atoms with Crippen LogP contribution in [0.25, 0.3) is 5.57 Å². The number of aryl methyl sites for hydroxylation is 3. The molecule has 0 unspecified atom stereocenters. The normalized spacial score (nSPS) is 14.3. The minimum Gasteiger partial charge on any atom is -0.350 e. The van der Waals surface area contributed by atoms with E-state index in [1.807, 2.05) is 75.4 Å². The van der Waals surface area contributed by atoms with E-state index in [1.165, 1.54) is 10.5 Å². The van der Waals surface area contributed by atoms with Crippen LogP contribution in [0.4, 0.5) is 11.4 Å². The summed E-state index contributed by atoms with van der Waals surface area (Å²) in [6.45, 7) is 12.4. The number of anilines is 2. The van der Waals surface area contributed by atoms with Gasteiger partial charge in [-0.2, -0.15) is 0 Å². The van der Waals surface area contributed by atoms with Crippen LogP contribution in [0, 0.1) is 20.8 Å². The number of carbonyl (C=O) groups is 2. The fraction of sp³-hybridized carbons (Fsp3) is 0.241. The van der Waals surface area contributed by atoms with E-state index in [4.69, 9.17) is 0 Å². The van der Waals surface area contributed by atoms with Gasteiger partial charge in [-0.3, -0.25) is 9.59 Å². The summed E-state index contributed by atoms with van der Waals surface area (Å²) in [4.78, 5) is 28.5. The van der Waals surface area contributed by atoms with E-state index in [1.54, 1.807) is 0 Å². The average molecular weight is 439 g/mol. The number of hydrogen-bond acceptors (Lipinski definition) is 3. The predicted octanol–water partition coefficient (Wildman–Crippen LogP) is 6.31. The van der Waals surface area contributed by atoms with Crippen molar-refractivity contribution in [3.63, 3.8) is 0 Å². The van der Waals surface area contributed by atoms with Crippen molar-refractivity contribution in [3.05, 3.63) is 100 Å². The van der Waals surface area contributed by atoms with Crippen molar-refractivity contribution in [3.8, 4) is 0 Å². The summed E-state index contributed by atoms with van der Waals surface area (Å²) in [7, 11) is 0. The van der Waals surface area contributed by atoms with E-state index in [0.717, 1.165) is 27.9 Å². The maximum atomic E-state index is 13.6. The minimum atomic E-state index is -0.345. The number of imide groups is 1. The summed E-state index contributed by atoms with van der Waals surface area (Å²) in [5.74, 6) is -0.660. The number of nitrogens with zero attached hydrogens (tertiary/aromatic N) is 1. The number of carbonyl (C=O) groups excluding carboxylic acids is 2. The molecule has 0 atom stereocenters. The summed E-state index contributed by atoms with van der Waals surface area (Å²) >= 11 is 0. The summed E-state index contributed by atoms with van der Waals surface area (Å²) < 4.78 is 0. The van der Waals surface area contributed by atoms with Gasteiger partial charge in [-0.05, 0) is 61.1 Å². The van der Waals surface area contributed by atoms with Gasteiger partial charge < -0.3 is 5.32 Å². The van der Waals surface area contributed by atoms with Crippen molar-refractivity contribution in [2.45, 2.75) is 47.0 Å². The fourth-order valence-corrected chi connectivity index (χ4v) is 4.11. The molecule has 4 nitrogen and oxygen atoms in total. The Morgan fingerprint density at radius 3 is 1.91 bits per heavy atom. The SMILES string of the molecule is Cc1ccc(C2=C(Nc3ccc(C(C)(C)C)cc3)C(=O)N(c3ccc(C)cc3C)C2=O)cc1. The molecule has 0 aromatic heterocycles. The van der Waals surface area contributed by atoms with Gasteiger partial charge in [-0.1, -0.05) is 80.4 Å². The van der Waals surface area contributed by atoms with E-state index in [-0.39, 0.29) is 17.2 Å². The second kappa shape index (κ2) is 8.36. The molecular weight excluding hydrogens is 408 g/mol. The molecule has 3 aromatic rings. The van der Waals surface area contributed by atoms with Crippen LogP contribution in [0.1, 0.15) is 48.6 Å². The van der Waals surface area contributed by atoms with Gasteiger partial charge in [-0.25, -0.2) is 4.90 Å². The van der Waals surface area contributed by atoms with Gasteiger partial charge in [0.05, 0.1) is 11.3 Å². The van der Waals surface area contributed by atoms with Gasteiger partial charge in [0.2, 0.25) is 0 Å². The van der Waals surface area contributed by atoms with Gasteiger partial charge >= 0.3 is 0 Å². The number of hydrogen-bond donors (Lipinski definition) is 1. The summed E-state index contributed by atoms with van der Waals surface area (Å²) in [6.07, 6.45) is 0.